The van der Waals surface area contributed by atoms with Crippen LogP contribution in [0.3, 0.4) is 0 Å². The number of carbonyl (C=O) groups excluding carboxylic acids is 1. The molecular weight excluding hydrogens is 366 g/mol. The summed E-state index contributed by atoms with van der Waals surface area (Å²) in [5, 5.41) is 0. The predicted molar refractivity (Wildman–Crippen MR) is 101 cm³/mol. The minimum atomic E-state index is -3.58. The molecule has 1 aromatic heterocycles. The average Bonchev–Trinajstić information content (AvgIpc) is 3.19. The Balaban J connectivity index is 1.58. The Morgan fingerprint density at radius 3 is 2.35 bits per heavy atom. The Morgan fingerprint density at radius 2 is 1.58 bits per heavy atom. The van der Waals surface area contributed by atoms with Crippen LogP contribution in [0, 0.1) is 0 Å². The number of hydrogen-bond donors (Lipinski definition) is 0. The topological polar surface area (TPSA) is 54.5 Å². The van der Waals surface area contributed by atoms with E-state index in [1.165, 1.54) is 11.6 Å². The van der Waals surface area contributed by atoms with Gasteiger partial charge in [-0.05, 0) is 41.8 Å². The maximum atomic E-state index is 12.8. The highest BCUT2D eigenvalue weighted by Crippen LogP contribution is 2.29. The Bertz CT molecular complexity index is 1060. The Hall–Kier alpha value is -2.44. The highest BCUT2D eigenvalue weighted by atomic mass is 32.2. The summed E-state index contributed by atoms with van der Waals surface area (Å²) in [5.74, 6) is -0.112. The molecule has 0 N–H and O–H groups in total. The van der Waals surface area contributed by atoms with Gasteiger partial charge in [-0.15, -0.1) is 11.3 Å². The largest absolute Gasteiger partial charge is 0.333 e. The molecule has 132 valence electrons. The third-order valence-corrected chi connectivity index (χ3v) is 7.86. The van der Waals surface area contributed by atoms with Gasteiger partial charge < -0.3 is 4.90 Å². The summed E-state index contributed by atoms with van der Waals surface area (Å²) < 4.78 is 25.6. The number of rotatable bonds is 3. The number of thiophene rings is 1. The monoisotopic (exact) mass is 383 g/mol. The zero-order valence-electron chi connectivity index (χ0n) is 14.0. The maximum Gasteiger partial charge on any atom is 0.264 e. The zero-order chi connectivity index (χ0) is 18.1. The summed E-state index contributed by atoms with van der Waals surface area (Å²) in [4.78, 5) is 15.3. The Kier molecular flexibility index (Phi) is 4.38. The number of amides is 1. The normalized spacial score (nSPS) is 14.1. The second-order valence-corrected chi connectivity index (χ2v) is 9.44. The van der Waals surface area contributed by atoms with E-state index in [1.807, 2.05) is 18.2 Å². The van der Waals surface area contributed by atoms with Crippen LogP contribution in [0.2, 0.25) is 0 Å². The molecule has 0 unspecified atom stereocenters. The summed E-state index contributed by atoms with van der Waals surface area (Å²) in [5.41, 5.74) is 2.43. The SMILES string of the molecule is O=C(c1ccc(S(=O)(=O)c2ccccc2)s1)N1CCc2ccccc2C1. The van der Waals surface area contributed by atoms with Crippen molar-refractivity contribution in [1.29, 1.82) is 0 Å². The quantitative estimate of drug-likeness (QED) is 0.692. The highest BCUT2D eigenvalue weighted by molar-refractivity contribution is 7.93. The number of sulfone groups is 1. The second-order valence-electron chi connectivity index (χ2n) is 6.18. The summed E-state index contributed by atoms with van der Waals surface area (Å²) in [6, 6.07) is 19.5. The molecule has 0 aliphatic carbocycles. The van der Waals surface area contributed by atoms with Crippen molar-refractivity contribution in [1.82, 2.24) is 4.90 Å². The molecule has 3 aromatic rings. The van der Waals surface area contributed by atoms with Gasteiger partial charge in [-0.2, -0.15) is 0 Å². The van der Waals surface area contributed by atoms with Crippen molar-refractivity contribution >= 4 is 27.1 Å². The van der Waals surface area contributed by atoms with Gasteiger partial charge in [0.1, 0.15) is 4.21 Å². The van der Waals surface area contributed by atoms with E-state index in [9.17, 15) is 13.2 Å². The molecule has 4 rings (SSSR count). The molecule has 0 saturated heterocycles. The first-order valence-corrected chi connectivity index (χ1v) is 10.6. The number of benzene rings is 2. The van der Waals surface area contributed by atoms with E-state index in [0.29, 0.717) is 18.0 Å². The smallest absolute Gasteiger partial charge is 0.264 e. The van der Waals surface area contributed by atoms with Gasteiger partial charge in [0.2, 0.25) is 9.84 Å². The molecule has 1 aliphatic heterocycles. The van der Waals surface area contributed by atoms with Crippen molar-refractivity contribution in [3.8, 4) is 0 Å². The molecule has 0 fully saturated rings. The molecule has 6 heteroatoms. The van der Waals surface area contributed by atoms with Crippen LogP contribution in [-0.2, 0) is 22.8 Å². The van der Waals surface area contributed by atoms with Gasteiger partial charge in [0.05, 0.1) is 9.77 Å². The molecule has 1 aliphatic rings. The van der Waals surface area contributed by atoms with Crippen LogP contribution >= 0.6 is 11.3 Å². The van der Waals surface area contributed by atoms with E-state index >= 15 is 0 Å². The van der Waals surface area contributed by atoms with Gasteiger partial charge in [0.15, 0.2) is 0 Å². The number of hydrogen-bond acceptors (Lipinski definition) is 4. The molecular formula is C20H17NO3S2. The average molecular weight is 383 g/mol. The van der Waals surface area contributed by atoms with Crippen LogP contribution in [-0.4, -0.2) is 25.8 Å². The summed E-state index contributed by atoms with van der Waals surface area (Å²) in [6.07, 6.45) is 0.822. The molecule has 0 saturated carbocycles. The van der Waals surface area contributed by atoms with Gasteiger partial charge in [-0.25, -0.2) is 8.42 Å². The lowest BCUT2D eigenvalue weighted by atomic mass is 10.00. The van der Waals surface area contributed by atoms with E-state index in [1.54, 1.807) is 41.3 Å². The van der Waals surface area contributed by atoms with E-state index in [4.69, 9.17) is 0 Å². The fourth-order valence-electron chi connectivity index (χ4n) is 3.12. The molecule has 0 spiro atoms. The van der Waals surface area contributed by atoms with Crippen molar-refractivity contribution in [3.63, 3.8) is 0 Å². The fourth-order valence-corrected chi connectivity index (χ4v) is 5.82. The van der Waals surface area contributed by atoms with E-state index < -0.39 is 9.84 Å². The van der Waals surface area contributed by atoms with E-state index in [2.05, 4.69) is 6.07 Å². The van der Waals surface area contributed by atoms with Crippen LogP contribution < -0.4 is 0 Å². The first-order valence-electron chi connectivity index (χ1n) is 8.32. The molecule has 2 aromatic carbocycles. The third-order valence-electron chi connectivity index (χ3n) is 4.53. The number of carbonyl (C=O) groups is 1. The third kappa shape index (κ3) is 3.06. The van der Waals surface area contributed by atoms with Gasteiger partial charge in [0, 0.05) is 13.1 Å². The minimum Gasteiger partial charge on any atom is -0.333 e. The van der Waals surface area contributed by atoms with E-state index in [0.717, 1.165) is 23.3 Å². The van der Waals surface area contributed by atoms with Gasteiger partial charge in [-0.3, -0.25) is 4.79 Å². The number of nitrogens with zero attached hydrogens (tertiary/aromatic N) is 1. The van der Waals surface area contributed by atoms with Gasteiger partial charge in [-0.1, -0.05) is 42.5 Å². The molecule has 0 atom stereocenters. The molecule has 2 heterocycles. The Labute approximate surface area is 156 Å². The Morgan fingerprint density at radius 1 is 0.885 bits per heavy atom. The lowest BCUT2D eigenvalue weighted by Gasteiger charge is -2.28. The highest BCUT2D eigenvalue weighted by Gasteiger charge is 2.25. The van der Waals surface area contributed by atoms with Crippen LogP contribution in [0.4, 0.5) is 0 Å². The van der Waals surface area contributed by atoms with Crippen molar-refractivity contribution < 1.29 is 13.2 Å². The molecule has 4 nitrogen and oxygen atoms in total. The summed E-state index contributed by atoms with van der Waals surface area (Å²) in [6.45, 7) is 1.21. The van der Waals surface area contributed by atoms with Crippen molar-refractivity contribution in [2.75, 3.05) is 6.54 Å². The molecule has 1 amide bonds. The first kappa shape index (κ1) is 17.0. The maximum absolute atomic E-state index is 12.8. The lowest BCUT2D eigenvalue weighted by Crippen LogP contribution is -2.35. The van der Waals surface area contributed by atoms with Crippen LogP contribution in [0.25, 0.3) is 0 Å². The van der Waals surface area contributed by atoms with Crippen molar-refractivity contribution in [2.24, 2.45) is 0 Å². The summed E-state index contributed by atoms with van der Waals surface area (Å²) in [7, 11) is -3.58. The van der Waals surface area contributed by atoms with Gasteiger partial charge in [0.25, 0.3) is 5.91 Å². The number of fused-ring (bicyclic) bond motifs is 1. The van der Waals surface area contributed by atoms with Crippen LogP contribution in [0.1, 0.15) is 20.8 Å². The molecule has 0 radical (unpaired) electrons. The van der Waals surface area contributed by atoms with Crippen molar-refractivity contribution in [3.05, 3.63) is 82.7 Å². The van der Waals surface area contributed by atoms with Crippen LogP contribution in [0.5, 0.6) is 0 Å². The predicted octanol–water partition coefficient (Wildman–Crippen LogP) is 3.78. The summed E-state index contributed by atoms with van der Waals surface area (Å²) >= 11 is 1.04. The first-order chi connectivity index (χ1) is 12.6. The zero-order valence-corrected chi connectivity index (χ0v) is 15.6. The fraction of sp³-hybridized carbons (Fsp3) is 0.150. The minimum absolute atomic E-state index is 0.112. The molecule has 26 heavy (non-hydrogen) atoms. The van der Waals surface area contributed by atoms with E-state index in [-0.39, 0.29) is 15.0 Å². The van der Waals surface area contributed by atoms with Crippen molar-refractivity contribution in [2.45, 2.75) is 22.1 Å². The second kappa shape index (κ2) is 6.70. The van der Waals surface area contributed by atoms with Crippen LogP contribution in [0.15, 0.2) is 75.8 Å². The molecule has 0 bridgehead atoms. The standard InChI is InChI=1S/C20H17NO3S2/c22-20(21-13-12-15-6-4-5-7-16(15)14-21)18-10-11-19(25-18)26(23,24)17-8-2-1-3-9-17/h1-11H,12-14H2. The van der Waals surface area contributed by atoms with Gasteiger partial charge >= 0.3 is 0 Å². The lowest BCUT2D eigenvalue weighted by molar-refractivity contribution is 0.0739.